The summed E-state index contributed by atoms with van der Waals surface area (Å²) >= 11 is 0. The molecule has 80 valence electrons. The van der Waals surface area contributed by atoms with Crippen LogP contribution in [0.15, 0.2) is 12.3 Å². The van der Waals surface area contributed by atoms with E-state index < -0.39 is 0 Å². The van der Waals surface area contributed by atoms with E-state index in [1.165, 1.54) is 0 Å². The van der Waals surface area contributed by atoms with Crippen molar-refractivity contribution in [3.8, 4) is 0 Å². The van der Waals surface area contributed by atoms with E-state index in [9.17, 15) is 0 Å². The van der Waals surface area contributed by atoms with Crippen LogP contribution in [-0.2, 0) is 6.42 Å². The molecule has 0 unspecified atom stereocenters. The third-order valence-corrected chi connectivity index (χ3v) is 2.40. The fourth-order valence-electron chi connectivity index (χ4n) is 1.56. The molecule has 2 rings (SSSR count). The molecule has 15 heavy (non-hydrogen) atoms. The third-order valence-electron chi connectivity index (χ3n) is 2.40. The van der Waals surface area contributed by atoms with Gasteiger partial charge in [-0.25, -0.2) is 9.50 Å². The number of fused-ring (bicyclic) bond motifs is 1. The van der Waals surface area contributed by atoms with Crippen LogP contribution >= 0.6 is 0 Å². The fraction of sp³-hybridized carbons (Fsp3) is 0.455. The van der Waals surface area contributed by atoms with Gasteiger partial charge in [0.05, 0.1) is 5.69 Å². The van der Waals surface area contributed by atoms with Crippen LogP contribution in [0.25, 0.3) is 5.65 Å². The molecule has 2 heterocycles. The van der Waals surface area contributed by atoms with Gasteiger partial charge in [0.2, 0.25) is 0 Å². The zero-order valence-corrected chi connectivity index (χ0v) is 9.36. The summed E-state index contributed by atoms with van der Waals surface area (Å²) in [5, 5.41) is 4.38. The van der Waals surface area contributed by atoms with E-state index in [4.69, 9.17) is 5.73 Å². The number of rotatable bonds is 2. The number of nitrogens with zero attached hydrogens (tertiary/aromatic N) is 3. The largest absolute Gasteiger partial charge is 0.395 e. The minimum atomic E-state index is 0.560. The van der Waals surface area contributed by atoms with Crippen LogP contribution in [0.1, 0.15) is 25.2 Å². The minimum absolute atomic E-state index is 0.560. The molecular formula is C11H16N4. The first kappa shape index (κ1) is 9.96. The highest BCUT2D eigenvalue weighted by Crippen LogP contribution is 2.16. The molecule has 0 bridgehead atoms. The lowest BCUT2D eigenvalue weighted by molar-refractivity contribution is 0.620. The van der Waals surface area contributed by atoms with E-state index in [1.54, 1.807) is 4.52 Å². The van der Waals surface area contributed by atoms with Gasteiger partial charge >= 0.3 is 0 Å². The standard InChI is InChI=1S/C11H16N4/c1-7(2)6-9-13-11-10(12)8(3)4-5-15(11)14-9/h4-5,7H,6,12H2,1-3H3. The number of aromatic nitrogens is 3. The van der Waals surface area contributed by atoms with Crippen molar-refractivity contribution in [2.75, 3.05) is 5.73 Å². The second kappa shape index (κ2) is 3.53. The van der Waals surface area contributed by atoms with Crippen LogP contribution in [0.3, 0.4) is 0 Å². The Labute approximate surface area is 89.1 Å². The molecule has 4 nitrogen and oxygen atoms in total. The number of nitrogens with two attached hydrogens (primary N) is 1. The normalized spacial score (nSPS) is 11.5. The van der Waals surface area contributed by atoms with Crippen molar-refractivity contribution in [3.05, 3.63) is 23.7 Å². The van der Waals surface area contributed by atoms with Gasteiger partial charge in [0, 0.05) is 12.6 Å². The average molecular weight is 204 g/mol. The molecular weight excluding hydrogens is 188 g/mol. The first-order valence-electron chi connectivity index (χ1n) is 5.18. The van der Waals surface area contributed by atoms with Crippen LogP contribution in [0.5, 0.6) is 0 Å². The molecule has 2 aromatic rings. The first-order chi connectivity index (χ1) is 7.08. The summed E-state index contributed by atoms with van der Waals surface area (Å²) in [6, 6.07) is 1.95. The lowest BCUT2D eigenvalue weighted by atomic mass is 10.1. The Morgan fingerprint density at radius 2 is 2.20 bits per heavy atom. The van der Waals surface area contributed by atoms with Crippen molar-refractivity contribution < 1.29 is 0 Å². The van der Waals surface area contributed by atoms with Crippen LogP contribution in [-0.4, -0.2) is 14.6 Å². The molecule has 2 aromatic heterocycles. The highest BCUT2D eigenvalue weighted by Gasteiger charge is 2.08. The summed E-state index contributed by atoms with van der Waals surface area (Å²) in [5.41, 5.74) is 8.48. The Hall–Kier alpha value is -1.58. The van der Waals surface area contributed by atoms with Crippen molar-refractivity contribution in [2.24, 2.45) is 5.92 Å². The molecule has 4 heteroatoms. The van der Waals surface area contributed by atoms with Crippen LogP contribution < -0.4 is 5.73 Å². The van der Waals surface area contributed by atoms with Gasteiger partial charge in [-0.2, -0.15) is 5.10 Å². The van der Waals surface area contributed by atoms with Gasteiger partial charge in [0.25, 0.3) is 0 Å². The van der Waals surface area contributed by atoms with E-state index >= 15 is 0 Å². The van der Waals surface area contributed by atoms with Crippen molar-refractivity contribution in [3.63, 3.8) is 0 Å². The van der Waals surface area contributed by atoms with Gasteiger partial charge in [-0.05, 0) is 24.5 Å². The van der Waals surface area contributed by atoms with E-state index in [2.05, 4.69) is 23.9 Å². The lowest BCUT2D eigenvalue weighted by Gasteiger charge is -1.98. The predicted molar refractivity (Wildman–Crippen MR) is 60.7 cm³/mol. The topological polar surface area (TPSA) is 56.2 Å². The lowest BCUT2D eigenvalue weighted by Crippen LogP contribution is -1.96. The third kappa shape index (κ3) is 1.79. The van der Waals surface area contributed by atoms with Gasteiger partial charge in [0.1, 0.15) is 0 Å². The van der Waals surface area contributed by atoms with Crippen LogP contribution in [0.2, 0.25) is 0 Å². The quantitative estimate of drug-likeness (QED) is 0.811. The summed E-state index contributed by atoms with van der Waals surface area (Å²) in [6.45, 7) is 6.28. The maximum absolute atomic E-state index is 5.94. The molecule has 0 aliphatic heterocycles. The summed E-state index contributed by atoms with van der Waals surface area (Å²) in [6.07, 6.45) is 2.79. The molecule has 0 aromatic carbocycles. The van der Waals surface area contributed by atoms with Gasteiger partial charge in [-0.3, -0.25) is 0 Å². The molecule has 0 amide bonds. The molecule has 0 spiro atoms. The number of anilines is 1. The number of pyridine rings is 1. The molecule has 0 saturated carbocycles. The number of hydrogen-bond acceptors (Lipinski definition) is 3. The number of hydrogen-bond donors (Lipinski definition) is 1. The smallest absolute Gasteiger partial charge is 0.178 e. The zero-order valence-electron chi connectivity index (χ0n) is 9.36. The Bertz CT molecular complexity index is 485. The van der Waals surface area contributed by atoms with Crippen molar-refractivity contribution in [1.82, 2.24) is 14.6 Å². The summed E-state index contributed by atoms with van der Waals surface area (Å²) in [5.74, 6) is 1.42. The van der Waals surface area contributed by atoms with E-state index in [0.717, 1.165) is 29.1 Å². The molecule has 0 saturated heterocycles. The number of nitrogen functional groups attached to an aromatic ring is 1. The van der Waals surface area contributed by atoms with E-state index in [1.807, 2.05) is 19.2 Å². The van der Waals surface area contributed by atoms with E-state index in [0.29, 0.717) is 5.92 Å². The molecule has 0 radical (unpaired) electrons. The summed E-state index contributed by atoms with van der Waals surface area (Å²) < 4.78 is 1.75. The van der Waals surface area contributed by atoms with Gasteiger partial charge in [-0.1, -0.05) is 13.8 Å². The van der Waals surface area contributed by atoms with Crippen molar-refractivity contribution >= 4 is 11.3 Å². The molecule has 0 fully saturated rings. The molecule has 2 N–H and O–H groups in total. The number of aryl methyl sites for hydroxylation is 1. The second-order valence-electron chi connectivity index (χ2n) is 4.31. The molecule has 0 aliphatic carbocycles. The Morgan fingerprint density at radius 1 is 1.47 bits per heavy atom. The summed E-state index contributed by atoms with van der Waals surface area (Å²) in [7, 11) is 0. The average Bonchev–Trinajstić information content (AvgIpc) is 2.54. The Kier molecular flexibility index (Phi) is 2.34. The Morgan fingerprint density at radius 3 is 2.87 bits per heavy atom. The van der Waals surface area contributed by atoms with Crippen molar-refractivity contribution in [1.29, 1.82) is 0 Å². The monoisotopic (exact) mass is 204 g/mol. The van der Waals surface area contributed by atoms with Gasteiger partial charge in [-0.15, -0.1) is 0 Å². The molecule has 0 aliphatic rings. The summed E-state index contributed by atoms with van der Waals surface area (Å²) in [4.78, 5) is 4.44. The second-order valence-corrected chi connectivity index (χ2v) is 4.31. The zero-order chi connectivity index (χ0) is 11.0. The highest BCUT2D eigenvalue weighted by atomic mass is 15.3. The predicted octanol–water partition coefficient (Wildman–Crippen LogP) is 1.82. The Balaban J connectivity index is 2.51. The minimum Gasteiger partial charge on any atom is -0.395 e. The van der Waals surface area contributed by atoms with Gasteiger partial charge < -0.3 is 5.73 Å². The first-order valence-corrected chi connectivity index (χ1v) is 5.18. The van der Waals surface area contributed by atoms with Crippen molar-refractivity contribution in [2.45, 2.75) is 27.2 Å². The van der Waals surface area contributed by atoms with E-state index in [-0.39, 0.29) is 0 Å². The fourth-order valence-corrected chi connectivity index (χ4v) is 1.56. The highest BCUT2D eigenvalue weighted by molar-refractivity contribution is 5.67. The molecule has 0 atom stereocenters. The van der Waals surface area contributed by atoms with Crippen LogP contribution in [0.4, 0.5) is 5.69 Å². The SMILES string of the molecule is Cc1ccn2nc(CC(C)C)nc2c1N. The van der Waals surface area contributed by atoms with Gasteiger partial charge in [0.15, 0.2) is 11.5 Å². The van der Waals surface area contributed by atoms with Crippen LogP contribution in [0, 0.1) is 12.8 Å². The maximum atomic E-state index is 5.94. The maximum Gasteiger partial charge on any atom is 0.178 e.